The standard InChI is InChI=1S/C26H34O6/c1-5-6-7-8-9-10-11-14-17-23(31-22(2)27)18-15-12-13-16-19-25(28)29-20-24-21-30-26(3,4)32-24/h6-7,9-10,17,24H,5,8,11,14,16,19-21H2,1-4H3/b7-6-,10-9-,23-17-/t24-/m0/s1. The second-order valence-corrected chi connectivity index (χ2v) is 7.51. The van der Waals surface area contributed by atoms with Gasteiger partial charge in [0.1, 0.15) is 12.7 Å². The molecule has 0 amide bonds. The Balaban J connectivity index is 2.35. The fourth-order valence-corrected chi connectivity index (χ4v) is 2.61. The van der Waals surface area contributed by atoms with Crippen LogP contribution in [0.1, 0.15) is 66.2 Å². The molecular weight excluding hydrogens is 408 g/mol. The summed E-state index contributed by atoms with van der Waals surface area (Å²) in [5, 5.41) is 0. The van der Waals surface area contributed by atoms with Gasteiger partial charge in [-0.25, -0.2) is 0 Å². The molecule has 174 valence electrons. The van der Waals surface area contributed by atoms with Crippen LogP contribution < -0.4 is 0 Å². The zero-order valence-electron chi connectivity index (χ0n) is 19.6. The van der Waals surface area contributed by atoms with E-state index in [0.717, 1.165) is 19.3 Å². The molecule has 6 nitrogen and oxygen atoms in total. The SMILES string of the molecule is CC/C=C\C/C=C\CC/C=C(/C#CC#CCCC(=O)OC[C@H]1COC(C)(C)O1)OC(C)=O. The van der Waals surface area contributed by atoms with Crippen molar-refractivity contribution in [3.05, 3.63) is 36.1 Å². The van der Waals surface area contributed by atoms with Crippen LogP contribution in [0, 0.1) is 23.7 Å². The molecule has 6 heteroatoms. The van der Waals surface area contributed by atoms with Crippen LogP contribution in [0.4, 0.5) is 0 Å². The Bertz CT molecular complexity index is 811. The average Bonchev–Trinajstić information content (AvgIpc) is 3.09. The fourth-order valence-electron chi connectivity index (χ4n) is 2.61. The molecule has 1 heterocycles. The van der Waals surface area contributed by atoms with E-state index in [1.54, 1.807) is 6.08 Å². The molecule has 0 aliphatic carbocycles. The van der Waals surface area contributed by atoms with E-state index in [-0.39, 0.29) is 30.9 Å². The van der Waals surface area contributed by atoms with E-state index < -0.39 is 11.8 Å². The minimum absolute atomic E-state index is 0.163. The minimum Gasteiger partial charge on any atom is -0.463 e. The van der Waals surface area contributed by atoms with Gasteiger partial charge in [0, 0.05) is 13.3 Å². The first kappa shape index (κ1) is 27.2. The number of rotatable bonds is 11. The van der Waals surface area contributed by atoms with Gasteiger partial charge in [0.15, 0.2) is 11.5 Å². The maximum Gasteiger partial charge on any atom is 0.308 e. The van der Waals surface area contributed by atoms with Gasteiger partial charge in [-0.05, 0) is 63.4 Å². The first-order valence-electron chi connectivity index (χ1n) is 11.0. The molecule has 0 aromatic heterocycles. The number of unbranched alkanes of at least 4 members (excludes halogenated alkanes) is 1. The highest BCUT2D eigenvalue weighted by atomic mass is 16.7. The number of esters is 2. The number of carbonyl (C=O) groups excluding carboxylic acids is 2. The number of allylic oxidation sites excluding steroid dienone is 6. The van der Waals surface area contributed by atoms with Gasteiger partial charge < -0.3 is 18.9 Å². The molecule has 1 aliphatic rings. The van der Waals surface area contributed by atoms with Gasteiger partial charge in [0.05, 0.1) is 13.0 Å². The molecule has 0 unspecified atom stereocenters. The Morgan fingerprint density at radius 2 is 1.91 bits per heavy atom. The molecule has 1 aliphatic heterocycles. The fraction of sp³-hybridized carbons (Fsp3) is 0.538. The third-order valence-corrected chi connectivity index (χ3v) is 4.05. The van der Waals surface area contributed by atoms with Gasteiger partial charge in [0.25, 0.3) is 0 Å². The molecular formula is C26H34O6. The predicted octanol–water partition coefficient (Wildman–Crippen LogP) is 4.61. The monoisotopic (exact) mass is 442 g/mol. The Morgan fingerprint density at radius 1 is 1.12 bits per heavy atom. The van der Waals surface area contributed by atoms with Crippen molar-refractivity contribution in [2.24, 2.45) is 0 Å². The summed E-state index contributed by atoms with van der Waals surface area (Å²) in [7, 11) is 0. The molecule has 0 aromatic rings. The first-order chi connectivity index (χ1) is 15.3. The topological polar surface area (TPSA) is 71.1 Å². The van der Waals surface area contributed by atoms with Crippen molar-refractivity contribution >= 4 is 11.9 Å². The largest absolute Gasteiger partial charge is 0.463 e. The summed E-state index contributed by atoms with van der Waals surface area (Å²) in [6.07, 6.45) is 13.9. The van der Waals surface area contributed by atoms with Gasteiger partial charge >= 0.3 is 11.9 Å². The molecule has 1 atom stereocenters. The van der Waals surface area contributed by atoms with Gasteiger partial charge in [-0.15, -0.1) is 0 Å². The highest BCUT2D eigenvalue weighted by Crippen LogP contribution is 2.22. The second kappa shape index (κ2) is 15.9. The van der Waals surface area contributed by atoms with Crippen LogP contribution in [-0.4, -0.2) is 37.0 Å². The lowest BCUT2D eigenvalue weighted by Crippen LogP contribution is -2.25. The van der Waals surface area contributed by atoms with Crippen molar-refractivity contribution in [3.8, 4) is 23.7 Å². The van der Waals surface area contributed by atoms with E-state index in [1.807, 2.05) is 13.8 Å². The van der Waals surface area contributed by atoms with E-state index in [2.05, 4.69) is 54.9 Å². The first-order valence-corrected chi connectivity index (χ1v) is 11.0. The lowest BCUT2D eigenvalue weighted by molar-refractivity contribution is -0.158. The van der Waals surface area contributed by atoms with Crippen LogP contribution >= 0.6 is 0 Å². The molecule has 0 spiro atoms. The predicted molar refractivity (Wildman–Crippen MR) is 123 cm³/mol. The smallest absolute Gasteiger partial charge is 0.308 e. The average molecular weight is 443 g/mol. The van der Waals surface area contributed by atoms with Gasteiger partial charge in [-0.1, -0.05) is 37.1 Å². The molecule has 0 radical (unpaired) electrons. The molecule has 32 heavy (non-hydrogen) atoms. The zero-order chi connectivity index (χ0) is 23.7. The normalized spacial score (nSPS) is 17.5. The van der Waals surface area contributed by atoms with E-state index in [0.29, 0.717) is 19.4 Å². The Labute approximate surface area is 192 Å². The van der Waals surface area contributed by atoms with Crippen LogP contribution in [0.15, 0.2) is 36.1 Å². The number of hydrogen-bond acceptors (Lipinski definition) is 6. The van der Waals surface area contributed by atoms with E-state index in [9.17, 15) is 9.59 Å². The molecule has 1 rings (SSSR count). The molecule has 0 bridgehead atoms. The summed E-state index contributed by atoms with van der Waals surface area (Å²) in [6, 6.07) is 0. The van der Waals surface area contributed by atoms with Gasteiger partial charge in [0.2, 0.25) is 0 Å². The second-order valence-electron chi connectivity index (χ2n) is 7.51. The van der Waals surface area contributed by atoms with Crippen molar-refractivity contribution in [1.29, 1.82) is 0 Å². The third-order valence-electron chi connectivity index (χ3n) is 4.05. The van der Waals surface area contributed by atoms with Crippen molar-refractivity contribution in [3.63, 3.8) is 0 Å². The lowest BCUT2D eigenvalue weighted by atomic mass is 10.2. The lowest BCUT2D eigenvalue weighted by Gasteiger charge is -2.16. The van der Waals surface area contributed by atoms with Crippen LogP contribution in [0.3, 0.4) is 0 Å². The highest BCUT2D eigenvalue weighted by Gasteiger charge is 2.33. The summed E-state index contributed by atoms with van der Waals surface area (Å²) in [6.45, 7) is 7.63. The van der Waals surface area contributed by atoms with Crippen LogP contribution in [0.25, 0.3) is 0 Å². The van der Waals surface area contributed by atoms with Crippen LogP contribution in [-0.2, 0) is 28.5 Å². The summed E-state index contributed by atoms with van der Waals surface area (Å²) in [5.41, 5.74) is 0. The van der Waals surface area contributed by atoms with Crippen molar-refractivity contribution in [1.82, 2.24) is 0 Å². The van der Waals surface area contributed by atoms with Crippen LogP contribution in [0.2, 0.25) is 0 Å². The van der Waals surface area contributed by atoms with E-state index >= 15 is 0 Å². The third kappa shape index (κ3) is 14.2. The maximum atomic E-state index is 11.8. The Kier molecular flexibility index (Phi) is 13.5. The van der Waals surface area contributed by atoms with Crippen molar-refractivity contribution < 1.29 is 28.5 Å². The number of hydrogen-bond donors (Lipinski definition) is 0. The highest BCUT2D eigenvalue weighted by molar-refractivity contribution is 5.69. The zero-order valence-corrected chi connectivity index (χ0v) is 19.6. The quantitative estimate of drug-likeness (QED) is 0.153. The van der Waals surface area contributed by atoms with Crippen LogP contribution in [0.5, 0.6) is 0 Å². The van der Waals surface area contributed by atoms with Crippen molar-refractivity contribution in [2.75, 3.05) is 13.2 Å². The van der Waals surface area contributed by atoms with Gasteiger partial charge in [-0.2, -0.15) is 0 Å². The summed E-state index contributed by atoms with van der Waals surface area (Å²) in [5.74, 6) is 9.73. The van der Waals surface area contributed by atoms with E-state index in [1.165, 1.54) is 6.92 Å². The molecule has 0 aromatic carbocycles. The number of ether oxygens (including phenoxy) is 4. The number of carbonyl (C=O) groups is 2. The summed E-state index contributed by atoms with van der Waals surface area (Å²) in [4.78, 5) is 23.0. The Hall–Kier alpha value is -2.80. The molecule has 0 N–H and O–H groups in total. The summed E-state index contributed by atoms with van der Waals surface area (Å²) >= 11 is 0. The molecule has 1 fully saturated rings. The summed E-state index contributed by atoms with van der Waals surface area (Å²) < 4.78 is 21.3. The minimum atomic E-state index is -0.636. The van der Waals surface area contributed by atoms with Gasteiger partial charge in [-0.3, -0.25) is 9.59 Å². The van der Waals surface area contributed by atoms with Crippen molar-refractivity contribution in [2.45, 2.75) is 78.1 Å². The molecule has 1 saturated heterocycles. The Morgan fingerprint density at radius 3 is 2.59 bits per heavy atom. The maximum absolute atomic E-state index is 11.8. The van der Waals surface area contributed by atoms with E-state index in [4.69, 9.17) is 18.9 Å². The molecule has 0 saturated carbocycles.